The first-order chi connectivity index (χ1) is 7.66. The Morgan fingerprint density at radius 2 is 1.69 bits per heavy atom. The first-order valence-electron chi connectivity index (χ1n) is 4.77. The lowest BCUT2D eigenvalue weighted by molar-refractivity contribution is 0.584. The summed E-state index contributed by atoms with van der Waals surface area (Å²) in [7, 11) is 1.78. The van der Waals surface area contributed by atoms with Gasteiger partial charge in [-0.2, -0.15) is 4.39 Å². The van der Waals surface area contributed by atoms with Crippen molar-refractivity contribution in [1.82, 2.24) is 4.98 Å². The predicted octanol–water partition coefficient (Wildman–Crippen LogP) is 3.13. The minimum Gasteiger partial charge on any atom is -0.344 e. The molecule has 0 atom stereocenters. The van der Waals surface area contributed by atoms with Crippen LogP contribution in [-0.4, -0.2) is 12.0 Å². The Hall–Kier alpha value is -1.97. The molecule has 0 saturated carbocycles. The number of halogens is 2. The van der Waals surface area contributed by atoms with E-state index in [-0.39, 0.29) is 5.82 Å². The van der Waals surface area contributed by atoms with Crippen LogP contribution in [0, 0.1) is 11.8 Å². The van der Waals surface area contributed by atoms with E-state index in [9.17, 15) is 8.78 Å². The van der Waals surface area contributed by atoms with Gasteiger partial charge in [-0.25, -0.2) is 9.37 Å². The van der Waals surface area contributed by atoms with E-state index in [4.69, 9.17) is 0 Å². The number of anilines is 2. The van der Waals surface area contributed by atoms with E-state index in [1.165, 1.54) is 24.4 Å². The molecule has 1 aromatic heterocycles. The molecule has 0 N–H and O–H groups in total. The van der Waals surface area contributed by atoms with Gasteiger partial charge in [0.1, 0.15) is 5.82 Å². The molecule has 0 aliphatic heterocycles. The third-order valence-corrected chi connectivity index (χ3v) is 2.31. The van der Waals surface area contributed by atoms with Crippen LogP contribution in [0.3, 0.4) is 0 Å². The summed E-state index contributed by atoms with van der Waals surface area (Å²) in [6.07, 6.45) is 1.39. The zero-order chi connectivity index (χ0) is 11.5. The van der Waals surface area contributed by atoms with Crippen LogP contribution in [0.4, 0.5) is 20.2 Å². The Balaban J connectivity index is 2.31. The standard InChI is InChI=1S/C12H10F2N2/c1-16(10-4-2-9(13)3-5-10)11-6-7-15-12(14)8-11/h2-8H,1H3. The maximum atomic E-state index is 12.9. The molecule has 16 heavy (non-hydrogen) atoms. The molecule has 1 aromatic carbocycles. The third kappa shape index (κ3) is 2.16. The van der Waals surface area contributed by atoms with Gasteiger partial charge in [0, 0.05) is 30.7 Å². The Bertz CT molecular complexity index is 483. The van der Waals surface area contributed by atoms with Gasteiger partial charge in [-0.15, -0.1) is 0 Å². The molecule has 0 aliphatic rings. The molecule has 0 unspecified atom stereocenters. The molecular formula is C12H10F2N2. The van der Waals surface area contributed by atoms with Crippen LogP contribution in [0.15, 0.2) is 42.6 Å². The Morgan fingerprint density at radius 3 is 2.31 bits per heavy atom. The second-order valence-corrected chi connectivity index (χ2v) is 3.37. The number of benzene rings is 1. The van der Waals surface area contributed by atoms with E-state index in [1.807, 2.05) is 0 Å². The van der Waals surface area contributed by atoms with E-state index in [1.54, 1.807) is 30.1 Å². The van der Waals surface area contributed by atoms with Gasteiger partial charge in [0.15, 0.2) is 0 Å². The summed E-state index contributed by atoms with van der Waals surface area (Å²) >= 11 is 0. The SMILES string of the molecule is CN(c1ccc(F)cc1)c1ccnc(F)c1. The molecule has 0 amide bonds. The van der Waals surface area contributed by atoms with Crippen molar-refractivity contribution in [3.05, 3.63) is 54.4 Å². The molecule has 1 heterocycles. The molecule has 2 aromatic rings. The molecule has 0 fully saturated rings. The van der Waals surface area contributed by atoms with E-state index in [2.05, 4.69) is 4.98 Å². The van der Waals surface area contributed by atoms with E-state index in [0.29, 0.717) is 5.69 Å². The highest BCUT2D eigenvalue weighted by Gasteiger charge is 2.05. The van der Waals surface area contributed by atoms with E-state index in [0.717, 1.165) is 5.69 Å². The lowest BCUT2D eigenvalue weighted by atomic mass is 10.2. The summed E-state index contributed by atoms with van der Waals surface area (Å²) in [6, 6.07) is 9.00. The summed E-state index contributed by atoms with van der Waals surface area (Å²) in [5.41, 5.74) is 1.45. The molecule has 2 nitrogen and oxygen atoms in total. The van der Waals surface area contributed by atoms with Crippen molar-refractivity contribution >= 4 is 11.4 Å². The number of hydrogen-bond donors (Lipinski definition) is 0. The van der Waals surface area contributed by atoms with Crippen LogP contribution in [-0.2, 0) is 0 Å². The largest absolute Gasteiger partial charge is 0.344 e. The molecule has 0 radical (unpaired) electrons. The fourth-order valence-corrected chi connectivity index (χ4v) is 1.41. The number of hydrogen-bond acceptors (Lipinski definition) is 2. The van der Waals surface area contributed by atoms with Gasteiger partial charge in [-0.3, -0.25) is 0 Å². The van der Waals surface area contributed by atoms with Gasteiger partial charge in [-0.1, -0.05) is 0 Å². The van der Waals surface area contributed by atoms with Crippen molar-refractivity contribution in [2.75, 3.05) is 11.9 Å². The Morgan fingerprint density at radius 1 is 1.00 bits per heavy atom. The summed E-state index contributed by atoms with van der Waals surface area (Å²) < 4.78 is 25.6. The van der Waals surface area contributed by atoms with Crippen molar-refractivity contribution in [1.29, 1.82) is 0 Å². The van der Waals surface area contributed by atoms with Crippen molar-refractivity contribution in [3.8, 4) is 0 Å². The summed E-state index contributed by atoms with van der Waals surface area (Å²) in [5.74, 6) is -0.829. The first kappa shape index (κ1) is 10.5. The predicted molar refractivity (Wildman–Crippen MR) is 58.7 cm³/mol. The summed E-state index contributed by atoms with van der Waals surface area (Å²) in [5, 5.41) is 0. The molecule has 0 spiro atoms. The van der Waals surface area contributed by atoms with Crippen molar-refractivity contribution < 1.29 is 8.78 Å². The van der Waals surface area contributed by atoms with Crippen LogP contribution in [0.2, 0.25) is 0 Å². The van der Waals surface area contributed by atoms with Gasteiger partial charge in [0.05, 0.1) is 0 Å². The van der Waals surface area contributed by atoms with Crippen LogP contribution in [0.25, 0.3) is 0 Å². The van der Waals surface area contributed by atoms with Crippen LogP contribution in [0.5, 0.6) is 0 Å². The molecule has 0 saturated heterocycles. The lowest BCUT2D eigenvalue weighted by Gasteiger charge is -2.19. The van der Waals surface area contributed by atoms with Gasteiger partial charge in [0.25, 0.3) is 0 Å². The minimum absolute atomic E-state index is 0.293. The second-order valence-electron chi connectivity index (χ2n) is 3.37. The molecule has 0 bridgehead atoms. The third-order valence-electron chi connectivity index (χ3n) is 2.31. The summed E-state index contributed by atoms with van der Waals surface area (Å²) in [6.45, 7) is 0. The van der Waals surface area contributed by atoms with E-state index >= 15 is 0 Å². The van der Waals surface area contributed by atoms with Crippen molar-refractivity contribution in [2.24, 2.45) is 0 Å². The van der Waals surface area contributed by atoms with Crippen molar-refractivity contribution in [3.63, 3.8) is 0 Å². The van der Waals surface area contributed by atoms with Crippen LogP contribution >= 0.6 is 0 Å². The fraction of sp³-hybridized carbons (Fsp3) is 0.0833. The van der Waals surface area contributed by atoms with Crippen molar-refractivity contribution in [2.45, 2.75) is 0 Å². The topological polar surface area (TPSA) is 16.1 Å². The van der Waals surface area contributed by atoms with Crippen LogP contribution in [0.1, 0.15) is 0 Å². The number of nitrogens with zero attached hydrogens (tertiary/aromatic N) is 2. The first-order valence-corrected chi connectivity index (χ1v) is 4.77. The lowest BCUT2D eigenvalue weighted by Crippen LogP contribution is -2.09. The van der Waals surface area contributed by atoms with E-state index < -0.39 is 5.95 Å². The van der Waals surface area contributed by atoms with Gasteiger partial charge < -0.3 is 4.90 Å². The maximum Gasteiger partial charge on any atom is 0.214 e. The summed E-state index contributed by atoms with van der Waals surface area (Å²) in [4.78, 5) is 5.23. The molecule has 4 heteroatoms. The number of aromatic nitrogens is 1. The monoisotopic (exact) mass is 220 g/mol. The highest BCUT2D eigenvalue weighted by Crippen LogP contribution is 2.23. The molecular weight excluding hydrogens is 210 g/mol. The zero-order valence-electron chi connectivity index (χ0n) is 8.69. The average molecular weight is 220 g/mol. The second kappa shape index (κ2) is 4.26. The average Bonchev–Trinajstić information content (AvgIpc) is 2.29. The zero-order valence-corrected chi connectivity index (χ0v) is 8.69. The van der Waals surface area contributed by atoms with Crippen LogP contribution < -0.4 is 4.90 Å². The molecule has 0 aliphatic carbocycles. The Labute approximate surface area is 92.2 Å². The highest BCUT2D eigenvalue weighted by molar-refractivity contribution is 5.61. The van der Waals surface area contributed by atoms with Gasteiger partial charge >= 0.3 is 0 Å². The maximum absolute atomic E-state index is 12.9. The molecule has 82 valence electrons. The quantitative estimate of drug-likeness (QED) is 0.723. The normalized spacial score (nSPS) is 10.2. The minimum atomic E-state index is -0.536. The van der Waals surface area contributed by atoms with Gasteiger partial charge in [0.2, 0.25) is 5.95 Å². The fourth-order valence-electron chi connectivity index (χ4n) is 1.41. The number of rotatable bonds is 2. The van der Waals surface area contributed by atoms with Gasteiger partial charge in [-0.05, 0) is 30.3 Å². The molecule has 2 rings (SSSR count). The smallest absolute Gasteiger partial charge is 0.214 e. The Kier molecular flexibility index (Phi) is 2.81. The highest BCUT2D eigenvalue weighted by atomic mass is 19.1. The number of pyridine rings is 1.